The van der Waals surface area contributed by atoms with E-state index in [2.05, 4.69) is 20.6 Å². The average Bonchev–Trinajstić information content (AvgIpc) is 2.86. The van der Waals surface area contributed by atoms with Gasteiger partial charge in [-0.15, -0.1) is 0 Å². The van der Waals surface area contributed by atoms with Crippen molar-refractivity contribution >= 4 is 22.9 Å². The molecule has 2 aromatic heterocycles. The first-order valence-electron chi connectivity index (χ1n) is 10.3. The lowest BCUT2D eigenvalue weighted by Crippen LogP contribution is -2.24. The second-order valence-corrected chi connectivity index (χ2v) is 7.54. The highest BCUT2D eigenvalue weighted by Crippen LogP contribution is 2.36. The average molecular weight is 420 g/mol. The predicted octanol–water partition coefficient (Wildman–Crippen LogP) is 4.48. The number of nitrogens with zero attached hydrogens (tertiary/aromatic N) is 2. The van der Waals surface area contributed by atoms with Gasteiger partial charge in [-0.2, -0.15) is 0 Å². The third-order valence-corrected chi connectivity index (χ3v) is 5.49. The first kappa shape index (κ1) is 19.6. The monoisotopic (exact) mass is 420 g/mol. The number of hydrogen-bond donors (Lipinski definition) is 2. The van der Waals surface area contributed by atoms with Crippen molar-refractivity contribution in [2.45, 2.75) is 13.1 Å². The van der Waals surface area contributed by atoms with Gasteiger partial charge in [0.1, 0.15) is 0 Å². The molecule has 0 aliphatic heterocycles. The van der Waals surface area contributed by atoms with Crippen molar-refractivity contribution in [3.05, 3.63) is 119 Å². The van der Waals surface area contributed by atoms with Crippen molar-refractivity contribution in [2.75, 3.05) is 10.6 Å². The van der Waals surface area contributed by atoms with Crippen LogP contribution in [0.25, 0.3) is 0 Å². The van der Waals surface area contributed by atoms with Crippen LogP contribution in [0.1, 0.15) is 43.0 Å². The van der Waals surface area contributed by atoms with E-state index in [-0.39, 0.29) is 11.6 Å². The van der Waals surface area contributed by atoms with E-state index < -0.39 is 0 Å². The van der Waals surface area contributed by atoms with Crippen LogP contribution in [0.5, 0.6) is 0 Å². The van der Waals surface area contributed by atoms with Crippen LogP contribution < -0.4 is 10.6 Å². The number of carbonyl (C=O) groups is 2. The zero-order valence-corrected chi connectivity index (χ0v) is 17.2. The molecule has 0 saturated carbocycles. The van der Waals surface area contributed by atoms with Crippen LogP contribution >= 0.6 is 0 Å². The van der Waals surface area contributed by atoms with E-state index >= 15 is 0 Å². The minimum atomic E-state index is -0.158. The molecule has 0 saturated heterocycles. The lowest BCUT2D eigenvalue weighted by atomic mass is 9.82. The molecule has 2 aromatic carbocycles. The lowest BCUT2D eigenvalue weighted by molar-refractivity contribution is 0.0980. The largest absolute Gasteiger partial charge is 0.380 e. The maximum atomic E-state index is 13.5. The number of hydrogen-bond acceptors (Lipinski definition) is 6. The molecule has 6 heteroatoms. The number of carbonyl (C=O) groups excluding carboxylic acids is 2. The highest BCUT2D eigenvalue weighted by atomic mass is 16.1. The molecule has 156 valence electrons. The topological polar surface area (TPSA) is 84.0 Å². The number of aromatic nitrogens is 2. The molecule has 0 atom stereocenters. The molecule has 5 rings (SSSR count). The van der Waals surface area contributed by atoms with E-state index in [0.29, 0.717) is 46.7 Å². The summed E-state index contributed by atoms with van der Waals surface area (Å²) < 4.78 is 0. The van der Waals surface area contributed by atoms with Gasteiger partial charge in [-0.3, -0.25) is 19.6 Å². The molecule has 0 fully saturated rings. The minimum Gasteiger partial charge on any atom is -0.380 e. The molecule has 1 aliphatic carbocycles. The number of benzene rings is 2. The summed E-state index contributed by atoms with van der Waals surface area (Å²) in [6.45, 7) is 0.984. The Morgan fingerprint density at radius 3 is 1.47 bits per heavy atom. The summed E-state index contributed by atoms with van der Waals surface area (Å²) in [5.41, 5.74) is 4.87. The summed E-state index contributed by atoms with van der Waals surface area (Å²) in [6, 6.07) is 18.3. The molecule has 4 aromatic rings. The molecule has 2 N–H and O–H groups in total. The summed E-state index contributed by atoms with van der Waals surface area (Å²) in [6.07, 6.45) is 6.97. The van der Waals surface area contributed by atoms with Gasteiger partial charge < -0.3 is 10.6 Å². The molecule has 0 spiro atoms. The lowest BCUT2D eigenvalue weighted by Gasteiger charge is -2.24. The van der Waals surface area contributed by atoms with E-state index in [1.165, 1.54) is 0 Å². The highest BCUT2D eigenvalue weighted by molar-refractivity contribution is 6.31. The third-order valence-electron chi connectivity index (χ3n) is 5.49. The number of nitrogens with one attached hydrogen (secondary N) is 2. The van der Waals surface area contributed by atoms with Crippen LogP contribution in [0.15, 0.2) is 85.5 Å². The fourth-order valence-corrected chi connectivity index (χ4v) is 3.92. The molecule has 0 radical (unpaired) electrons. The van der Waals surface area contributed by atoms with Crippen molar-refractivity contribution in [3.63, 3.8) is 0 Å². The van der Waals surface area contributed by atoms with E-state index in [1.54, 1.807) is 49.1 Å². The Bertz CT molecular complexity index is 1200. The maximum absolute atomic E-state index is 13.5. The zero-order chi connectivity index (χ0) is 21.9. The van der Waals surface area contributed by atoms with Gasteiger partial charge in [0.15, 0.2) is 11.6 Å². The molecule has 1 aliphatic rings. The second kappa shape index (κ2) is 8.43. The first-order valence-corrected chi connectivity index (χ1v) is 10.3. The summed E-state index contributed by atoms with van der Waals surface area (Å²) >= 11 is 0. The van der Waals surface area contributed by atoms with Crippen LogP contribution in [0.3, 0.4) is 0 Å². The Balaban J connectivity index is 1.55. The Kier molecular flexibility index (Phi) is 5.17. The minimum absolute atomic E-state index is 0.158. The van der Waals surface area contributed by atoms with Crippen LogP contribution in [0.2, 0.25) is 0 Å². The smallest absolute Gasteiger partial charge is 0.196 e. The highest BCUT2D eigenvalue weighted by Gasteiger charge is 2.33. The van der Waals surface area contributed by atoms with Crippen molar-refractivity contribution in [2.24, 2.45) is 0 Å². The van der Waals surface area contributed by atoms with Crippen LogP contribution in [0, 0.1) is 0 Å². The van der Waals surface area contributed by atoms with Crippen LogP contribution in [0.4, 0.5) is 11.4 Å². The van der Waals surface area contributed by atoms with Crippen molar-refractivity contribution in [3.8, 4) is 0 Å². The van der Waals surface area contributed by atoms with Gasteiger partial charge >= 0.3 is 0 Å². The molecule has 2 heterocycles. The summed E-state index contributed by atoms with van der Waals surface area (Å²) in [5.74, 6) is -0.317. The Labute approximate surface area is 185 Å². The van der Waals surface area contributed by atoms with E-state index in [9.17, 15) is 9.59 Å². The number of ketones is 2. The normalized spacial score (nSPS) is 12.1. The fraction of sp³-hybridized carbons (Fsp3) is 0.0769. The van der Waals surface area contributed by atoms with Gasteiger partial charge in [-0.1, -0.05) is 36.4 Å². The van der Waals surface area contributed by atoms with Crippen molar-refractivity contribution in [1.82, 2.24) is 9.97 Å². The van der Waals surface area contributed by atoms with Gasteiger partial charge in [0.2, 0.25) is 0 Å². The molecule has 32 heavy (non-hydrogen) atoms. The molecular weight excluding hydrogens is 400 g/mol. The van der Waals surface area contributed by atoms with Crippen molar-refractivity contribution < 1.29 is 9.59 Å². The number of anilines is 2. The van der Waals surface area contributed by atoms with Gasteiger partial charge in [-0.05, 0) is 35.4 Å². The van der Waals surface area contributed by atoms with Gasteiger partial charge in [-0.25, -0.2) is 0 Å². The first-order chi connectivity index (χ1) is 15.7. The summed E-state index contributed by atoms with van der Waals surface area (Å²) in [4.78, 5) is 35.2. The van der Waals surface area contributed by atoms with Gasteiger partial charge in [0.05, 0.1) is 11.1 Å². The number of pyridine rings is 2. The van der Waals surface area contributed by atoms with Crippen molar-refractivity contribution in [1.29, 1.82) is 0 Å². The maximum Gasteiger partial charge on any atom is 0.196 e. The SMILES string of the molecule is O=C1c2ccccc2C(=O)c2c(NCc3cccnc3)ccc(NCc3cccnc3)c21. The van der Waals surface area contributed by atoms with Crippen LogP contribution in [-0.4, -0.2) is 21.5 Å². The Hall–Kier alpha value is -4.32. The molecule has 0 bridgehead atoms. The second-order valence-electron chi connectivity index (χ2n) is 7.54. The van der Waals surface area contributed by atoms with Crippen LogP contribution in [-0.2, 0) is 13.1 Å². The Morgan fingerprint density at radius 1 is 0.594 bits per heavy atom. The predicted molar refractivity (Wildman–Crippen MR) is 123 cm³/mol. The zero-order valence-electron chi connectivity index (χ0n) is 17.2. The fourth-order valence-electron chi connectivity index (χ4n) is 3.92. The Morgan fingerprint density at radius 2 is 1.06 bits per heavy atom. The molecule has 6 nitrogen and oxygen atoms in total. The standard InChI is InChI=1S/C26H20N4O2/c31-25-19-7-1-2-8-20(19)26(32)24-22(30-16-18-6-4-12-28-14-18)10-9-21(23(24)25)29-15-17-5-3-11-27-13-17/h1-14,29-30H,15-16H2. The van der Waals surface area contributed by atoms with E-state index in [1.807, 2.05) is 36.4 Å². The third kappa shape index (κ3) is 3.63. The van der Waals surface area contributed by atoms with E-state index in [0.717, 1.165) is 11.1 Å². The number of fused-ring (bicyclic) bond motifs is 2. The molecule has 0 amide bonds. The molecular formula is C26H20N4O2. The summed E-state index contributed by atoms with van der Waals surface area (Å²) in [5, 5.41) is 6.64. The van der Waals surface area contributed by atoms with E-state index in [4.69, 9.17) is 0 Å². The van der Waals surface area contributed by atoms with Gasteiger partial charge in [0.25, 0.3) is 0 Å². The molecule has 0 unspecified atom stereocenters. The summed E-state index contributed by atoms with van der Waals surface area (Å²) in [7, 11) is 0. The quantitative estimate of drug-likeness (QED) is 0.422. The number of rotatable bonds is 6. The van der Waals surface area contributed by atoms with Gasteiger partial charge in [0, 0.05) is 60.4 Å².